The van der Waals surface area contributed by atoms with Crippen LogP contribution in [0.15, 0.2) is 23.1 Å². The van der Waals surface area contributed by atoms with Crippen LogP contribution in [0.3, 0.4) is 0 Å². The lowest BCUT2D eigenvalue weighted by Crippen LogP contribution is -2.42. The van der Waals surface area contributed by atoms with Gasteiger partial charge in [0.25, 0.3) is 5.91 Å². The largest absolute Gasteiger partial charge is 0.454 e. The van der Waals surface area contributed by atoms with Crippen molar-refractivity contribution in [3.05, 3.63) is 28.7 Å². The molecule has 27 heavy (non-hydrogen) atoms. The number of rotatable bonds is 4. The van der Waals surface area contributed by atoms with Crippen LogP contribution in [0.2, 0.25) is 0 Å². The van der Waals surface area contributed by atoms with Crippen molar-refractivity contribution in [1.82, 2.24) is 9.80 Å². The molecule has 0 atom stereocenters. The molecule has 3 aliphatic rings. The second kappa shape index (κ2) is 7.87. The Balaban J connectivity index is 1.40. The van der Waals surface area contributed by atoms with E-state index in [0.717, 1.165) is 5.56 Å². The molecule has 1 aromatic carbocycles. The molecule has 9 heteroatoms. The van der Waals surface area contributed by atoms with Crippen molar-refractivity contribution in [2.24, 2.45) is 0 Å². The first kappa shape index (κ1) is 18.3. The first-order valence-electron chi connectivity index (χ1n) is 8.62. The van der Waals surface area contributed by atoms with Crippen molar-refractivity contribution in [3.63, 3.8) is 0 Å². The van der Waals surface area contributed by atoms with E-state index in [1.165, 1.54) is 16.7 Å². The van der Waals surface area contributed by atoms with Crippen LogP contribution in [-0.2, 0) is 14.3 Å². The summed E-state index contributed by atoms with van der Waals surface area (Å²) in [6.07, 6.45) is 2.04. The maximum atomic E-state index is 12.7. The van der Waals surface area contributed by atoms with E-state index in [-0.39, 0.29) is 25.0 Å². The molecule has 0 N–H and O–H groups in total. The van der Waals surface area contributed by atoms with E-state index < -0.39 is 0 Å². The molecule has 0 aromatic heterocycles. The van der Waals surface area contributed by atoms with Gasteiger partial charge < -0.3 is 19.1 Å². The molecule has 1 aromatic rings. The summed E-state index contributed by atoms with van der Waals surface area (Å²) in [5.41, 5.74) is 0.837. The summed E-state index contributed by atoms with van der Waals surface area (Å²) in [5, 5.41) is 0. The minimum Gasteiger partial charge on any atom is -0.454 e. The molecule has 2 saturated heterocycles. The van der Waals surface area contributed by atoms with Gasteiger partial charge in [-0.2, -0.15) is 0 Å². The van der Waals surface area contributed by atoms with Crippen molar-refractivity contribution >= 4 is 46.2 Å². The van der Waals surface area contributed by atoms with Crippen LogP contribution < -0.4 is 9.47 Å². The van der Waals surface area contributed by atoms with Crippen LogP contribution in [0.5, 0.6) is 11.5 Å². The highest BCUT2D eigenvalue weighted by molar-refractivity contribution is 8.26. The molecule has 0 unspecified atom stereocenters. The van der Waals surface area contributed by atoms with Crippen molar-refractivity contribution in [2.45, 2.75) is 6.42 Å². The average Bonchev–Trinajstić information content (AvgIpc) is 3.25. The molecular weight excluding hydrogens is 388 g/mol. The highest BCUT2D eigenvalue weighted by atomic mass is 32.2. The summed E-state index contributed by atoms with van der Waals surface area (Å²) in [6.45, 7) is 2.82. The number of benzene rings is 1. The molecule has 0 spiro atoms. The van der Waals surface area contributed by atoms with Gasteiger partial charge in [-0.1, -0.05) is 30.0 Å². The highest BCUT2D eigenvalue weighted by Gasteiger charge is 2.32. The van der Waals surface area contributed by atoms with Gasteiger partial charge in [0.05, 0.1) is 18.1 Å². The number of nitrogens with zero attached hydrogens (tertiary/aromatic N) is 2. The molecular formula is C18H18N2O5S2. The first-order valence-corrected chi connectivity index (χ1v) is 9.85. The topological polar surface area (TPSA) is 68.3 Å². The average molecular weight is 406 g/mol. The number of ether oxygens (including phenoxy) is 3. The van der Waals surface area contributed by atoms with Crippen LogP contribution in [0.1, 0.15) is 12.0 Å². The van der Waals surface area contributed by atoms with Gasteiger partial charge in [0.1, 0.15) is 4.32 Å². The predicted octanol–water partition coefficient (Wildman–Crippen LogP) is 1.87. The standard InChI is InChI=1S/C18H18N2O5S2/c21-16(19-5-7-23-8-6-19)3-4-20-17(22)15(27-18(20)26)10-12-1-2-13-14(9-12)25-11-24-13/h1-2,9-10H,3-8,11H2/b15-10+. The van der Waals surface area contributed by atoms with Gasteiger partial charge in [-0.3, -0.25) is 14.5 Å². The fraction of sp³-hybridized carbons (Fsp3) is 0.389. The number of carbonyl (C=O) groups excluding carboxylic acids is 2. The second-order valence-electron chi connectivity index (χ2n) is 6.19. The molecule has 0 radical (unpaired) electrons. The molecule has 0 bridgehead atoms. The molecule has 3 heterocycles. The third-order valence-electron chi connectivity index (χ3n) is 4.48. The number of fused-ring (bicyclic) bond motifs is 1. The number of carbonyl (C=O) groups is 2. The van der Waals surface area contributed by atoms with Gasteiger partial charge in [-0.25, -0.2) is 0 Å². The van der Waals surface area contributed by atoms with Gasteiger partial charge in [0.15, 0.2) is 11.5 Å². The Morgan fingerprint density at radius 2 is 2.00 bits per heavy atom. The van der Waals surface area contributed by atoms with Crippen LogP contribution in [0.4, 0.5) is 0 Å². The van der Waals surface area contributed by atoms with E-state index in [0.29, 0.717) is 53.6 Å². The SMILES string of the molecule is O=C(CCN1C(=O)/C(=C\c2ccc3c(c2)OCO3)SC1=S)N1CCOCC1. The molecule has 4 rings (SSSR count). The van der Waals surface area contributed by atoms with Gasteiger partial charge in [0.2, 0.25) is 12.7 Å². The summed E-state index contributed by atoms with van der Waals surface area (Å²) in [4.78, 5) is 28.8. The summed E-state index contributed by atoms with van der Waals surface area (Å²) in [7, 11) is 0. The lowest BCUT2D eigenvalue weighted by atomic mass is 10.2. The van der Waals surface area contributed by atoms with Gasteiger partial charge in [-0.15, -0.1) is 0 Å². The second-order valence-corrected chi connectivity index (χ2v) is 7.86. The predicted molar refractivity (Wildman–Crippen MR) is 104 cm³/mol. The maximum absolute atomic E-state index is 12.7. The Morgan fingerprint density at radius 1 is 1.22 bits per heavy atom. The zero-order valence-electron chi connectivity index (χ0n) is 14.5. The monoisotopic (exact) mass is 406 g/mol. The zero-order chi connectivity index (χ0) is 18.8. The molecule has 2 amide bonds. The minimum absolute atomic E-state index is 0.0205. The number of morpholine rings is 1. The Morgan fingerprint density at radius 3 is 2.81 bits per heavy atom. The number of thiocarbonyl (C=S) groups is 1. The maximum Gasteiger partial charge on any atom is 0.266 e. The van der Waals surface area contributed by atoms with E-state index in [2.05, 4.69) is 0 Å². The molecule has 2 fully saturated rings. The normalized spacial score (nSPS) is 20.7. The summed E-state index contributed by atoms with van der Waals surface area (Å²) < 4.78 is 16.4. The minimum atomic E-state index is -0.169. The highest BCUT2D eigenvalue weighted by Crippen LogP contribution is 2.36. The molecule has 0 saturated carbocycles. The van der Waals surface area contributed by atoms with Crippen molar-refractivity contribution in [3.8, 4) is 11.5 Å². The summed E-state index contributed by atoms with van der Waals surface area (Å²) >= 11 is 6.59. The van der Waals surface area contributed by atoms with Crippen LogP contribution >= 0.6 is 24.0 Å². The van der Waals surface area contributed by atoms with Crippen molar-refractivity contribution < 1.29 is 23.8 Å². The van der Waals surface area contributed by atoms with E-state index in [9.17, 15) is 9.59 Å². The van der Waals surface area contributed by atoms with Gasteiger partial charge in [-0.05, 0) is 23.8 Å². The smallest absolute Gasteiger partial charge is 0.266 e. The number of hydrogen-bond acceptors (Lipinski definition) is 7. The van der Waals surface area contributed by atoms with Gasteiger partial charge >= 0.3 is 0 Å². The quantitative estimate of drug-likeness (QED) is 0.558. The Bertz CT molecular complexity index is 820. The lowest BCUT2D eigenvalue weighted by molar-refractivity contribution is -0.135. The summed E-state index contributed by atoms with van der Waals surface area (Å²) in [6, 6.07) is 5.51. The third kappa shape index (κ3) is 3.95. The fourth-order valence-corrected chi connectivity index (χ4v) is 4.33. The van der Waals surface area contributed by atoms with E-state index in [1.54, 1.807) is 11.0 Å². The van der Waals surface area contributed by atoms with Crippen molar-refractivity contribution in [2.75, 3.05) is 39.6 Å². The van der Waals surface area contributed by atoms with E-state index in [1.807, 2.05) is 18.2 Å². The molecule has 7 nitrogen and oxygen atoms in total. The van der Waals surface area contributed by atoms with Crippen LogP contribution in [0, 0.1) is 0 Å². The number of amides is 2. The van der Waals surface area contributed by atoms with E-state index >= 15 is 0 Å². The first-order chi connectivity index (χ1) is 13.1. The van der Waals surface area contributed by atoms with Crippen LogP contribution in [0.25, 0.3) is 6.08 Å². The Hall–Kier alpha value is -2.10. The van der Waals surface area contributed by atoms with Gasteiger partial charge in [0, 0.05) is 26.1 Å². The zero-order valence-corrected chi connectivity index (χ0v) is 16.1. The molecule has 3 aliphatic heterocycles. The van der Waals surface area contributed by atoms with Crippen LogP contribution in [-0.4, -0.2) is 65.6 Å². The van der Waals surface area contributed by atoms with E-state index in [4.69, 9.17) is 26.4 Å². The van der Waals surface area contributed by atoms with Crippen molar-refractivity contribution in [1.29, 1.82) is 0 Å². The number of thioether (sulfide) groups is 1. The fourth-order valence-electron chi connectivity index (χ4n) is 3.03. The Labute approximate surface area is 166 Å². The summed E-state index contributed by atoms with van der Waals surface area (Å²) in [5.74, 6) is 1.21. The molecule has 0 aliphatic carbocycles. The lowest BCUT2D eigenvalue weighted by Gasteiger charge is -2.27. The molecule has 142 valence electrons. The number of hydrogen-bond donors (Lipinski definition) is 0. The Kier molecular flexibility index (Phi) is 5.33. The third-order valence-corrected chi connectivity index (χ3v) is 5.86.